The van der Waals surface area contributed by atoms with Gasteiger partial charge in [-0.3, -0.25) is 0 Å². The van der Waals surface area contributed by atoms with E-state index in [0.29, 0.717) is 13.5 Å². The van der Waals surface area contributed by atoms with Gasteiger partial charge >= 0.3 is 0 Å². The van der Waals surface area contributed by atoms with Crippen LogP contribution in [0.1, 0.15) is 58.8 Å². The molecule has 0 amide bonds. The molecule has 0 bridgehead atoms. The summed E-state index contributed by atoms with van der Waals surface area (Å²) in [6.07, 6.45) is 13.0. The normalized spacial score (nSPS) is 14.5. The summed E-state index contributed by atoms with van der Waals surface area (Å²) in [4.78, 5) is 4.34. The Morgan fingerprint density at radius 3 is 1.90 bits per heavy atom. The fourth-order valence-corrected chi connectivity index (χ4v) is 2.10. The first-order chi connectivity index (χ1) is 9.86. The second kappa shape index (κ2) is 12.0. The highest BCUT2D eigenvalue weighted by Crippen LogP contribution is 2.07. The van der Waals surface area contributed by atoms with Crippen molar-refractivity contribution in [2.75, 3.05) is 33.3 Å². The Bertz CT molecular complexity index is 247. The highest BCUT2D eigenvalue weighted by molar-refractivity contribution is 4.88. The van der Waals surface area contributed by atoms with Crippen molar-refractivity contribution in [1.29, 1.82) is 0 Å². The highest BCUT2D eigenvalue weighted by Gasteiger charge is 2.11. The molecule has 0 aromatic heterocycles. The van der Waals surface area contributed by atoms with Gasteiger partial charge in [-0.1, -0.05) is 46.0 Å². The van der Waals surface area contributed by atoms with Gasteiger partial charge in [0.25, 0.3) is 0 Å². The molecule has 0 aromatic rings. The molecule has 20 heavy (non-hydrogen) atoms. The number of hydrogen-bond acceptors (Lipinski definition) is 4. The standard InChI is InChI=1S/C16H32N2O2/c1-3-5-7-8-9-13-20-16-18-11-10-17(14-18)15-19-12-6-4-2/h10-11H,3-9,12-16H2,1-2H3. The van der Waals surface area contributed by atoms with Crippen molar-refractivity contribution in [2.45, 2.75) is 58.8 Å². The van der Waals surface area contributed by atoms with Crippen molar-refractivity contribution in [3.63, 3.8) is 0 Å². The van der Waals surface area contributed by atoms with Gasteiger partial charge in [0.2, 0.25) is 0 Å². The van der Waals surface area contributed by atoms with Gasteiger partial charge in [0.05, 0.1) is 6.67 Å². The third-order valence-corrected chi connectivity index (χ3v) is 3.40. The van der Waals surface area contributed by atoms with Crippen molar-refractivity contribution >= 4 is 0 Å². The summed E-state index contributed by atoms with van der Waals surface area (Å²) >= 11 is 0. The van der Waals surface area contributed by atoms with Crippen LogP contribution in [0.4, 0.5) is 0 Å². The smallest absolute Gasteiger partial charge is 0.119 e. The molecule has 0 aliphatic carbocycles. The minimum atomic E-state index is 0.685. The second-order valence-corrected chi connectivity index (χ2v) is 5.46. The quantitative estimate of drug-likeness (QED) is 0.481. The molecule has 0 saturated carbocycles. The van der Waals surface area contributed by atoms with E-state index in [2.05, 4.69) is 36.0 Å². The molecule has 0 N–H and O–H groups in total. The minimum absolute atomic E-state index is 0.685. The van der Waals surface area contributed by atoms with E-state index in [1.165, 1.54) is 38.5 Å². The van der Waals surface area contributed by atoms with Crippen LogP contribution in [-0.4, -0.2) is 43.1 Å². The first-order valence-electron chi connectivity index (χ1n) is 8.18. The van der Waals surface area contributed by atoms with Gasteiger partial charge < -0.3 is 19.3 Å². The van der Waals surface area contributed by atoms with Gasteiger partial charge in [0.1, 0.15) is 13.5 Å². The minimum Gasteiger partial charge on any atom is -0.361 e. The second-order valence-electron chi connectivity index (χ2n) is 5.46. The Balaban J connectivity index is 1.90. The van der Waals surface area contributed by atoms with E-state index in [-0.39, 0.29) is 0 Å². The zero-order valence-electron chi connectivity index (χ0n) is 13.4. The third-order valence-electron chi connectivity index (χ3n) is 3.40. The lowest BCUT2D eigenvalue weighted by atomic mass is 10.2. The molecular formula is C16H32N2O2. The molecule has 0 saturated heterocycles. The lowest BCUT2D eigenvalue weighted by molar-refractivity contribution is 0.00999. The van der Waals surface area contributed by atoms with Gasteiger partial charge in [-0.05, 0) is 12.8 Å². The molecule has 0 unspecified atom stereocenters. The first-order valence-corrected chi connectivity index (χ1v) is 8.18. The summed E-state index contributed by atoms with van der Waals surface area (Å²) in [6.45, 7) is 8.41. The van der Waals surface area contributed by atoms with Crippen LogP contribution in [0.2, 0.25) is 0 Å². The van der Waals surface area contributed by atoms with E-state index >= 15 is 0 Å². The summed E-state index contributed by atoms with van der Waals surface area (Å²) < 4.78 is 11.3. The van der Waals surface area contributed by atoms with Gasteiger partial charge in [-0.15, -0.1) is 0 Å². The van der Waals surface area contributed by atoms with Crippen LogP contribution in [0, 0.1) is 0 Å². The lowest BCUT2D eigenvalue weighted by Crippen LogP contribution is -2.29. The predicted octanol–water partition coefficient (Wildman–Crippen LogP) is 3.75. The van der Waals surface area contributed by atoms with E-state index in [9.17, 15) is 0 Å². The van der Waals surface area contributed by atoms with E-state index in [0.717, 1.165) is 26.3 Å². The first kappa shape index (κ1) is 17.3. The van der Waals surface area contributed by atoms with Crippen LogP contribution in [0.5, 0.6) is 0 Å². The SMILES string of the molecule is CCCCCCCOCN1C=CN(COCCCC)C1. The van der Waals surface area contributed by atoms with Crippen molar-refractivity contribution < 1.29 is 9.47 Å². The van der Waals surface area contributed by atoms with Crippen molar-refractivity contribution in [3.8, 4) is 0 Å². The largest absolute Gasteiger partial charge is 0.361 e. The van der Waals surface area contributed by atoms with E-state index in [1.807, 2.05) is 0 Å². The number of nitrogens with zero attached hydrogens (tertiary/aromatic N) is 2. The maximum atomic E-state index is 5.70. The van der Waals surface area contributed by atoms with Gasteiger partial charge in [-0.2, -0.15) is 0 Å². The Labute approximate surface area is 124 Å². The molecule has 0 radical (unpaired) electrons. The highest BCUT2D eigenvalue weighted by atomic mass is 16.5. The van der Waals surface area contributed by atoms with Crippen LogP contribution in [-0.2, 0) is 9.47 Å². The molecule has 4 nitrogen and oxygen atoms in total. The van der Waals surface area contributed by atoms with Crippen LogP contribution < -0.4 is 0 Å². The van der Waals surface area contributed by atoms with Crippen LogP contribution in [0.3, 0.4) is 0 Å². The monoisotopic (exact) mass is 284 g/mol. The molecular weight excluding hydrogens is 252 g/mol. The average Bonchev–Trinajstić information content (AvgIpc) is 2.90. The molecule has 118 valence electrons. The maximum Gasteiger partial charge on any atom is 0.119 e. The van der Waals surface area contributed by atoms with Gasteiger partial charge in [-0.25, -0.2) is 0 Å². The summed E-state index contributed by atoms with van der Waals surface area (Å²) in [6, 6.07) is 0. The van der Waals surface area contributed by atoms with Crippen molar-refractivity contribution in [2.24, 2.45) is 0 Å². The zero-order chi connectivity index (χ0) is 14.5. The van der Waals surface area contributed by atoms with Crippen LogP contribution in [0.15, 0.2) is 12.4 Å². The Morgan fingerprint density at radius 1 is 0.750 bits per heavy atom. The molecule has 0 fully saturated rings. The van der Waals surface area contributed by atoms with Gasteiger partial charge in [0, 0.05) is 25.6 Å². The molecule has 0 spiro atoms. The topological polar surface area (TPSA) is 24.9 Å². The Kier molecular flexibility index (Phi) is 10.4. The molecule has 4 heteroatoms. The molecule has 1 aliphatic heterocycles. The fraction of sp³-hybridized carbons (Fsp3) is 0.875. The fourth-order valence-electron chi connectivity index (χ4n) is 2.10. The number of unbranched alkanes of at least 4 members (excludes halogenated alkanes) is 5. The summed E-state index contributed by atoms with van der Waals surface area (Å²) in [7, 11) is 0. The van der Waals surface area contributed by atoms with Gasteiger partial charge in [0.15, 0.2) is 0 Å². The van der Waals surface area contributed by atoms with Crippen molar-refractivity contribution in [1.82, 2.24) is 9.80 Å². The Morgan fingerprint density at radius 2 is 1.30 bits per heavy atom. The number of ether oxygens (including phenoxy) is 2. The molecule has 1 aliphatic rings. The summed E-state index contributed by atoms with van der Waals surface area (Å²) in [5, 5.41) is 0. The lowest BCUT2D eigenvalue weighted by Gasteiger charge is -2.21. The van der Waals surface area contributed by atoms with E-state index < -0.39 is 0 Å². The average molecular weight is 284 g/mol. The molecule has 0 aromatic carbocycles. The van der Waals surface area contributed by atoms with Crippen molar-refractivity contribution in [3.05, 3.63) is 12.4 Å². The third kappa shape index (κ3) is 8.43. The molecule has 1 rings (SSSR count). The molecule has 0 atom stereocenters. The zero-order valence-corrected chi connectivity index (χ0v) is 13.4. The van der Waals surface area contributed by atoms with E-state index in [4.69, 9.17) is 9.47 Å². The van der Waals surface area contributed by atoms with Crippen LogP contribution >= 0.6 is 0 Å². The number of rotatable bonds is 13. The summed E-state index contributed by atoms with van der Waals surface area (Å²) in [5.41, 5.74) is 0. The predicted molar refractivity (Wildman–Crippen MR) is 83.0 cm³/mol. The maximum absolute atomic E-state index is 5.70. The number of hydrogen-bond donors (Lipinski definition) is 0. The summed E-state index contributed by atoms with van der Waals surface area (Å²) in [5.74, 6) is 0. The Hall–Kier alpha value is -0.740. The van der Waals surface area contributed by atoms with Crippen LogP contribution in [0.25, 0.3) is 0 Å². The van der Waals surface area contributed by atoms with E-state index in [1.54, 1.807) is 0 Å². The molecule has 1 heterocycles.